The van der Waals surface area contributed by atoms with Crippen LogP contribution in [0.5, 0.6) is 11.5 Å². The Bertz CT molecular complexity index is 960. The van der Waals surface area contributed by atoms with Crippen molar-refractivity contribution >= 4 is 11.4 Å². The highest BCUT2D eigenvalue weighted by Crippen LogP contribution is 2.48. The van der Waals surface area contributed by atoms with Crippen molar-refractivity contribution in [3.8, 4) is 11.5 Å². The number of rotatable bonds is 5. The zero-order chi connectivity index (χ0) is 27.1. The zero-order valence-corrected chi connectivity index (χ0v) is 24.5. The molecule has 0 radical (unpaired) electrons. The lowest BCUT2D eigenvalue weighted by Crippen LogP contribution is -2.26. The molecule has 0 spiro atoms. The van der Waals surface area contributed by atoms with Crippen LogP contribution in [-0.2, 0) is 26.4 Å². The predicted octanol–water partition coefficient (Wildman–Crippen LogP) is 8.07. The minimum Gasteiger partial charge on any atom is -0.505 e. The van der Waals surface area contributed by atoms with Gasteiger partial charge in [-0.15, -0.1) is 0 Å². The maximum Gasteiger partial charge on any atom is 0.142 e. The van der Waals surface area contributed by atoms with Gasteiger partial charge in [0.1, 0.15) is 11.5 Å². The molecule has 196 valence electrons. The standard InChI is InChI=1S/C31H49NO3/c1-28(2,3)20-16-22(30(7,8)9)26(33)24(18-20)32(14-15-35-13)25-19-21(29(4,5)6)17-23(27(25)34)31(10,11)12/h16-19,33-34H,14-15H2,1-13H3. The third-order valence-corrected chi connectivity index (χ3v) is 6.63. The van der Waals surface area contributed by atoms with E-state index in [1.165, 1.54) is 0 Å². The molecule has 0 atom stereocenters. The number of nitrogens with zero attached hydrogens (tertiary/aromatic N) is 1. The lowest BCUT2D eigenvalue weighted by atomic mass is 9.79. The van der Waals surface area contributed by atoms with E-state index in [2.05, 4.69) is 107 Å². The lowest BCUT2D eigenvalue weighted by Gasteiger charge is -2.35. The Hall–Kier alpha value is -2.20. The van der Waals surface area contributed by atoms with Crippen LogP contribution in [0.4, 0.5) is 11.4 Å². The summed E-state index contributed by atoms with van der Waals surface area (Å²) >= 11 is 0. The van der Waals surface area contributed by atoms with Crippen LogP contribution in [0.15, 0.2) is 24.3 Å². The number of phenols is 2. The molecule has 4 heteroatoms. The topological polar surface area (TPSA) is 52.9 Å². The quantitative estimate of drug-likeness (QED) is 0.451. The highest BCUT2D eigenvalue weighted by Gasteiger charge is 2.31. The van der Waals surface area contributed by atoms with Crippen LogP contribution < -0.4 is 4.90 Å². The molecule has 0 heterocycles. The van der Waals surface area contributed by atoms with Gasteiger partial charge in [0, 0.05) is 24.8 Å². The molecule has 0 amide bonds. The largest absolute Gasteiger partial charge is 0.505 e. The molecule has 0 saturated heterocycles. The predicted molar refractivity (Wildman–Crippen MR) is 150 cm³/mol. The van der Waals surface area contributed by atoms with Gasteiger partial charge in [0.15, 0.2) is 0 Å². The Labute approximate surface area is 214 Å². The van der Waals surface area contributed by atoms with Gasteiger partial charge in [0.2, 0.25) is 0 Å². The molecule has 0 unspecified atom stereocenters. The van der Waals surface area contributed by atoms with Crippen molar-refractivity contribution in [3.63, 3.8) is 0 Å². The number of phenolic OH excluding ortho intramolecular Hbond substituents is 2. The summed E-state index contributed by atoms with van der Waals surface area (Å²) in [6.45, 7) is 26.8. The average molecular weight is 484 g/mol. The second-order valence-electron chi connectivity index (χ2n) is 13.9. The molecule has 2 aromatic carbocycles. The van der Waals surface area contributed by atoms with Gasteiger partial charge in [-0.1, -0.05) is 95.2 Å². The summed E-state index contributed by atoms with van der Waals surface area (Å²) < 4.78 is 5.48. The van der Waals surface area contributed by atoms with Crippen molar-refractivity contribution in [3.05, 3.63) is 46.5 Å². The molecule has 2 N–H and O–H groups in total. The fourth-order valence-corrected chi connectivity index (χ4v) is 4.21. The SMILES string of the molecule is COCCN(c1cc(C(C)(C)C)cc(C(C)(C)C)c1O)c1cc(C(C)(C)C)cc(C(C)(C)C)c1O. The monoisotopic (exact) mass is 483 g/mol. The molecular weight excluding hydrogens is 434 g/mol. The minimum atomic E-state index is -0.251. The molecule has 0 saturated carbocycles. The highest BCUT2D eigenvalue weighted by molar-refractivity contribution is 5.78. The van der Waals surface area contributed by atoms with Crippen molar-refractivity contribution in [2.24, 2.45) is 0 Å². The second-order valence-corrected chi connectivity index (χ2v) is 13.9. The maximum atomic E-state index is 11.6. The number of ether oxygens (including phenoxy) is 1. The zero-order valence-electron chi connectivity index (χ0n) is 24.5. The number of benzene rings is 2. The molecule has 0 aliphatic heterocycles. The first kappa shape index (κ1) is 29.0. The first-order chi connectivity index (χ1) is 15.7. The summed E-state index contributed by atoms with van der Waals surface area (Å²) in [6, 6.07) is 8.39. The summed E-state index contributed by atoms with van der Waals surface area (Å²) in [5.41, 5.74) is 4.73. The van der Waals surface area contributed by atoms with Crippen LogP contribution in [0.2, 0.25) is 0 Å². The number of methoxy groups -OCH3 is 1. The van der Waals surface area contributed by atoms with E-state index in [0.717, 1.165) is 22.3 Å². The van der Waals surface area contributed by atoms with Crippen LogP contribution in [0, 0.1) is 0 Å². The summed E-state index contributed by atoms with van der Waals surface area (Å²) in [5.74, 6) is 0.499. The molecule has 0 aliphatic carbocycles. The Balaban J connectivity index is 3.00. The third-order valence-electron chi connectivity index (χ3n) is 6.63. The van der Waals surface area contributed by atoms with Gasteiger partial charge in [-0.25, -0.2) is 0 Å². The highest BCUT2D eigenvalue weighted by atomic mass is 16.5. The molecular formula is C31H49NO3. The summed E-state index contributed by atoms with van der Waals surface area (Å²) in [5, 5.41) is 23.3. The Morgan fingerprint density at radius 2 is 0.943 bits per heavy atom. The Morgan fingerprint density at radius 1 is 0.600 bits per heavy atom. The van der Waals surface area contributed by atoms with Crippen LogP contribution in [0.25, 0.3) is 0 Å². The fourth-order valence-electron chi connectivity index (χ4n) is 4.21. The van der Waals surface area contributed by atoms with Gasteiger partial charge in [0.05, 0.1) is 18.0 Å². The van der Waals surface area contributed by atoms with Crippen LogP contribution in [-0.4, -0.2) is 30.5 Å². The first-order valence-corrected chi connectivity index (χ1v) is 12.7. The molecule has 2 aromatic rings. The molecule has 4 nitrogen and oxygen atoms in total. The fraction of sp³-hybridized carbons (Fsp3) is 0.613. The van der Waals surface area contributed by atoms with Crippen molar-refractivity contribution in [1.82, 2.24) is 0 Å². The van der Waals surface area contributed by atoms with Gasteiger partial charge in [-0.3, -0.25) is 0 Å². The smallest absolute Gasteiger partial charge is 0.142 e. The van der Waals surface area contributed by atoms with E-state index in [4.69, 9.17) is 4.74 Å². The average Bonchev–Trinajstić information content (AvgIpc) is 2.66. The van der Waals surface area contributed by atoms with E-state index in [0.29, 0.717) is 24.5 Å². The van der Waals surface area contributed by atoms with E-state index in [1.54, 1.807) is 7.11 Å². The van der Waals surface area contributed by atoms with E-state index in [1.807, 2.05) is 4.90 Å². The molecule has 0 aromatic heterocycles. The van der Waals surface area contributed by atoms with Crippen molar-refractivity contribution in [2.45, 2.75) is 105 Å². The summed E-state index contributed by atoms with van der Waals surface area (Å²) in [4.78, 5) is 2.03. The maximum absolute atomic E-state index is 11.6. The van der Waals surface area contributed by atoms with Gasteiger partial charge >= 0.3 is 0 Å². The van der Waals surface area contributed by atoms with Crippen LogP contribution >= 0.6 is 0 Å². The Morgan fingerprint density at radius 3 is 1.20 bits per heavy atom. The van der Waals surface area contributed by atoms with Crippen LogP contribution in [0.1, 0.15) is 105 Å². The van der Waals surface area contributed by atoms with Crippen molar-refractivity contribution in [2.75, 3.05) is 25.2 Å². The minimum absolute atomic E-state index is 0.110. The normalized spacial score (nSPS) is 13.3. The molecule has 2 rings (SSSR count). The third kappa shape index (κ3) is 6.52. The van der Waals surface area contributed by atoms with Crippen LogP contribution in [0.3, 0.4) is 0 Å². The Kier molecular flexibility index (Phi) is 8.04. The summed E-state index contributed by atoms with van der Waals surface area (Å²) in [6.07, 6.45) is 0. The van der Waals surface area contributed by atoms with Gasteiger partial charge < -0.3 is 19.8 Å². The number of aromatic hydroxyl groups is 2. The van der Waals surface area contributed by atoms with Gasteiger partial charge in [-0.2, -0.15) is 0 Å². The number of hydrogen-bond donors (Lipinski definition) is 2. The van der Waals surface area contributed by atoms with Crippen molar-refractivity contribution < 1.29 is 14.9 Å². The molecule has 0 aliphatic rings. The van der Waals surface area contributed by atoms with E-state index in [9.17, 15) is 10.2 Å². The molecule has 35 heavy (non-hydrogen) atoms. The lowest BCUT2D eigenvalue weighted by molar-refractivity contribution is 0.207. The number of anilines is 2. The van der Waals surface area contributed by atoms with Gasteiger partial charge in [0.25, 0.3) is 0 Å². The molecule has 0 bridgehead atoms. The van der Waals surface area contributed by atoms with E-state index in [-0.39, 0.29) is 33.2 Å². The molecule has 0 fully saturated rings. The van der Waals surface area contributed by atoms with Crippen molar-refractivity contribution in [1.29, 1.82) is 0 Å². The first-order valence-electron chi connectivity index (χ1n) is 12.7. The van der Waals surface area contributed by atoms with Gasteiger partial charge in [-0.05, 0) is 44.9 Å². The van der Waals surface area contributed by atoms with E-state index >= 15 is 0 Å². The number of hydrogen-bond acceptors (Lipinski definition) is 4. The van der Waals surface area contributed by atoms with E-state index < -0.39 is 0 Å². The second kappa shape index (κ2) is 9.69. The summed E-state index contributed by atoms with van der Waals surface area (Å²) in [7, 11) is 1.68.